The summed E-state index contributed by atoms with van der Waals surface area (Å²) in [4.78, 5) is 19.9. The van der Waals surface area contributed by atoms with Crippen LogP contribution in [0.2, 0.25) is 0 Å². The summed E-state index contributed by atoms with van der Waals surface area (Å²) in [5.74, 6) is 0.0214. The van der Waals surface area contributed by atoms with E-state index in [0.29, 0.717) is 12.2 Å². The van der Waals surface area contributed by atoms with Crippen molar-refractivity contribution in [2.24, 2.45) is 11.5 Å². The zero-order valence-electron chi connectivity index (χ0n) is 9.10. The van der Waals surface area contributed by atoms with E-state index in [1.165, 1.54) is 0 Å². The zero-order valence-corrected chi connectivity index (χ0v) is 9.10. The van der Waals surface area contributed by atoms with Gasteiger partial charge in [-0.2, -0.15) is 0 Å². The second-order valence-corrected chi connectivity index (χ2v) is 4.31. The van der Waals surface area contributed by atoms with Gasteiger partial charge in [-0.05, 0) is 18.9 Å². The number of hydrogen-bond acceptors (Lipinski definition) is 4. The van der Waals surface area contributed by atoms with Crippen molar-refractivity contribution >= 4 is 5.91 Å². The summed E-state index contributed by atoms with van der Waals surface area (Å²) in [6.45, 7) is 0. The maximum Gasteiger partial charge on any atom is 0.238 e. The maximum atomic E-state index is 11.5. The monoisotopic (exact) mass is 220 g/mol. The molecule has 1 amide bonds. The fourth-order valence-electron chi connectivity index (χ4n) is 2.34. The Morgan fingerprint density at radius 1 is 1.38 bits per heavy atom. The van der Waals surface area contributed by atoms with E-state index in [1.54, 1.807) is 18.5 Å². The van der Waals surface area contributed by atoms with E-state index in [1.807, 2.05) is 0 Å². The fraction of sp³-hybridized carbons (Fsp3) is 0.545. The number of rotatable bonds is 2. The highest BCUT2D eigenvalue weighted by atomic mass is 16.1. The van der Waals surface area contributed by atoms with Gasteiger partial charge in [0.15, 0.2) is 0 Å². The van der Waals surface area contributed by atoms with Crippen LogP contribution in [0.15, 0.2) is 18.5 Å². The zero-order chi connectivity index (χ0) is 11.6. The minimum atomic E-state index is -0.987. The molecule has 86 valence electrons. The number of carbonyl (C=O) groups excluding carboxylic acids is 1. The van der Waals surface area contributed by atoms with Crippen LogP contribution in [0.25, 0.3) is 0 Å². The summed E-state index contributed by atoms with van der Waals surface area (Å²) in [7, 11) is 0. The van der Waals surface area contributed by atoms with Gasteiger partial charge in [0.1, 0.15) is 11.4 Å². The summed E-state index contributed by atoms with van der Waals surface area (Å²) in [5.41, 5.74) is 10.5. The van der Waals surface area contributed by atoms with E-state index < -0.39 is 11.4 Å². The molecule has 1 fully saturated rings. The number of aromatic nitrogens is 2. The quantitative estimate of drug-likeness (QED) is 0.750. The third-order valence-electron chi connectivity index (χ3n) is 3.31. The Hall–Kier alpha value is -1.49. The van der Waals surface area contributed by atoms with Gasteiger partial charge in [0.05, 0.1) is 0 Å². The molecule has 0 saturated heterocycles. The molecular weight excluding hydrogens is 204 g/mol. The van der Waals surface area contributed by atoms with Gasteiger partial charge in [0, 0.05) is 18.3 Å². The Morgan fingerprint density at radius 3 is 2.69 bits per heavy atom. The minimum absolute atomic E-state index is 0.153. The molecule has 16 heavy (non-hydrogen) atoms. The smallest absolute Gasteiger partial charge is 0.238 e. The largest absolute Gasteiger partial charge is 0.368 e. The predicted molar refractivity (Wildman–Crippen MR) is 59.4 cm³/mol. The molecule has 0 aliphatic heterocycles. The topological polar surface area (TPSA) is 94.9 Å². The van der Waals surface area contributed by atoms with Gasteiger partial charge >= 0.3 is 0 Å². The highest BCUT2D eigenvalue weighted by molar-refractivity contribution is 5.85. The molecule has 0 radical (unpaired) electrons. The van der Waals surface area contributed by atoms with Crippen LogP contribution in [-0.2, 0) is 4.79 Å². The van der Waals surface area contributed by atoms with Crippen molar-refractivity contribution < 1.29 is 4.79 Å². The van der Waals surface area contributed by atoms with Crippen LogP contribution in [0.1, 0.15) is 37.4 Å². The number of nitrogens with zero attached hydrogens (tertiary/aromatic N) is 2. The van der Waals surface area contributed by atoms with Crippen molar-refractivity contribution in [3.05, 3.63) is 24.3 Å². The average Bonchev–Trinajstić information content (AvgIpc) is 2.30. The molecule has 1 heterocycles. The Balaban J connectivity index is 2.34. The van der Waals surface area contributed by atoms with Crippen molar-refractivity contribution in [2.75, 3.05) is 0 Å². The molecule has 5 heteroatoms. The number of primary amides is 1. The molecule has 1 aromatic heterocycles. The Labute approximate surface area is 94.3 Å². The first kappa shape index (κ1) is 11.0. The summed E-state index contributed by atoms with van der Waals surface area (Å²) in [6.07, 6.45) is 6.74. The van der Waals surface area contributed by atoms with Crippen LogP contribution in [-0.4, -0.2) is 21.4 Å². The van der Waals surface area contributed by atoms with Crippen molar-refractivity contribution in [3.8, 4) is 0 Å². The summed E-state index contributed by atoms with van der Waals surface area (Å²) >= 11 is 0. The molecule has 5 nitrogen and oxygen atoms in total. The first-order valence-corrected chi connectivity index (χ1v) is 5.50. The molecule has 0 bridgehead atoms. The Morgan fingerprint density at radius 2 is 2.06 bits per heavy atom. The fourth-order valence-corrected chi connectivity index (χ4v) is 2.34. The normalized spacial score (nSPS) is 29.9. The van der Waals surface area contributed by atoms with E-state index in [-0.39, 0.29) is 5.92 Å². The second kappa shape index (κ2) is 4.17. The van der Waals surface area contributed by atoms with Gasteiger partial charge in [-0.25, -0.2) is 9.97 Å². The van der Waals surface area contributed by atoms with Crippen LogP contribution in [0.3, 0.4) is 0 Å². The molecule has 1 aromatic rings. The van der Waals surface area contributed by atoms with Gasteiger partial charge in [0.2, 0.25) is 5.91 Å². The molecule has 1 saturated carbocycles. The van der Waals surface area contributed by atoms with E-state index in [2.05, 4.69) is 9.97 Å². The highest BCUT2D eigenvalue weighted by Gasteiger charge is 2.44. The minimum Gasteiger partial charge on any atom is -0.368 e. The van der Waals surface area contributed by atoms with Crippen LogP contribution in [0, 0.1) is 0 Å². The molecule has 2 rings (SSSR count). The summed E-state index contributed by atoms with van der Waals surface area (Å²) < 4.78 is 0. The Bertz CT molecular complexity index is 381. The molecule has 1 aliphatic carbocycles. The van der Waals surface area contributed by atoms with Crippen LogP contribution in [0.4, 0.5) is 0 Å². The van der Waals surface area contributed by atoms with E-state index in [9.17, 15) is 4.79 Å². The molecule has 1 aliphatic rings. The third kappa shape index (κ3) is 1.78. The number of nitrogens with two attached hydrogens (primary N) is 2. The molecule has 2 unspecified atom stereocenters. The van der Waals surface area contributed by atoms with Gasteiger partial charge in [0.25, 0.3) is 0 Å². The van der Waals surface area contributed by atoms with Crippen LogP contribution in [0.5, 0.6) is 0 Å². The van der Waals surface area contributed by atoms with Crippen molar-refractivity contribution in [1.29, 1.82) is 0 Å². The standard InChI is InChI=1S/C11H16N4O/c12-10(16)11(13)5-2-1-4-8(11)9-14-6-3-7-15-9/h3,6-8H,1-2,4-5,13H2,(H2,12,16). The highest BCUT2D eigenvalue weighted by Crippen LogP contribution is 2.37. The summed E-state index contributed by atoms with van der Waals surface area (Å²) in [5, 5.41) is 0. The van der Waals surface area contributed by atoms with Crippen LogP contribution >= 0.6 is 0 Å². The SMILES string of the molecule is NC(=O)C1(N)CCCCC1c1ncccn1. The van der Waals surface area contributed by atoms with Gasteiger partial charge in [-0.1, -0.05) is 12.8 Å². The predicted octanol–water partition coefficient (Wildman–Crippen LogP) is 0.317. The average molecular weight is 220 g/mol. The number of amides is 1. The first-order valence-electron chi connectivity index (χ1n) is 5.50. The Kier molecular flexibility index (Phi) is 2.87. The lowest BCUT2D eigenvalue weighted by molar-refractivity contribution is -0.125. The second-order valence-electron chi connectivity index (χ2n) is 4.31. The van der Waals surface area contributed by atoms with Crippen LogP contribution < -0.4 is 11.5 Å². The van der Waals surface area contributed by atoms with Gasteiger partial charge in [-0.3, -0.25) is 4.79 Å². The van der Waals surface area contributed by atoms with E-state index in [4.69, 9.17) is 11.5 Å². The molecule has 2 atom stereocenters. The lowest BCUT2D eigenvalue weighted by Gasteiger charge is -2.37. The van der Waals surface area contributed by atoms with E-state index in [0.717, 1.165) is 19.3 Å². The first-order chi connectivity index (χ1) is 7.64. The van der Waals surface area contributed by atoms with E-state index >= 15 is 0 Å². The van der Waals surface area contributed by atoms with Crippen molar-refractivity contribution in [2.45, 2.75) is 37.1 Å². The lowest BCUT2D eigenvalue weighted by Crippen LogP contribution is -2.57. The lowest BCUT2D eigenvalue weighted by atomic mass is 9.72. The molecule has 0 spiro atoms. The van der Waals surface area contributed by atoms with Gasteiger partial charge in [-0.15, -0.1) is 0 Å². The van der Waals surface area contributed by atoms with Gasteiger partial charge < -0.3 is 11.5 Å². The molecular formula is C11H16N4O. The maximum absolute atomic E-state index is 11.5. The number of hydrogen-bond donors (Lipinski definition) is 2. The molecule has 0 aromatic carbocycles. The summed E-state index contributed by atoms with van der Waals surface area (Å²) in [6, 6.07) is 1.74. The number of carbonyl (C=O) groups is 1. The third-order valence-corrected chi connectivity index (χ3v) is 3.31. The molecule has 4 N–H and O–H groups in total. The van der Waals surface area contributed by atoms with Crippen molar-refractivity contribution in [3.63, 3.8) is 0 Å². The van der Waals surface area contributed by atoms with Crippen molar-refractivity contribution in [1.82, 2.24) is 9.97 Å².